The lowest BCUT2D eigenvalue weighted by atomic mass is 10.1. The Morgan fingerprint density at radius 2 is 1.93 bits per heavy atom. The molecule has 2 N–H and O–H groups in total. The fraction of sp³-hybridized carbons (Fsp3) is 0.200. The number of nitro groups is 2. The monoisotopic (exact) mass is 389 g/mol. The maximum absolute atomic E-state index is 12.6. The van der Waals surface area contributed by atoms with Gasteiger partial charge in [0.1, 0.15) is 18.2 Å². The summed E-state index contributed by atoms with van der Waals surface area (Å²) in [6, 6.07) is 0.338. The van der Waals surface area contributed by atoms with Crippen LogP contribution in [0.25, 0.3) is 4.85 Å². The van der Waals surface area contributed by atoms with Gasteiger partial charge in [-0.15, -0.1) is 0 Å². The lowest BCUT2D eigenvalue weighted by molar-refractivity contribution is -0.394. The number of nitrogens with zero attached hydrogens (tertiary/aromatic N) is 4. The largest absolute Gasteiger partial charge is 0.467 e. The van der Waals surface area contributed by atoms with Crippen molar-refractivity contribution in [2.75, 3.05) is 7.11 Å². The molecule has 1 atom stereocenters. The van der Waals surface area contributed by atoms with E-state index in [4.69, 9.17) is 6.57 Å². The van der Waals surface area contributed by atoms with Crippen molar-refractivity contribution in [3.8, 4) is 6.57 Å². The molecule has 1 aromatic carbocycles. The Morgan fingerprint density at radius 1 is 1.32 bits per heavy atom. The number of amides is 1. The van der Waals surface area contributed by atoms with E-state index >= 15 is 0 Å². The molecule has 0 aliphatic heterocycles. The summed E-state index contributed by atoms with van der Waals surface area (Å²) in [5, 5.41) is 24.9. The third-order valence-corrected chi connectivity index (χ3v) is 3.62. The van der Waals surface area contributed by atoms with Gasteiger partial charge in [0.05, 0.1) is 23.3 Å². The van der Waals surface area contributed by atoms with Crippen LogP contribution in [-0.4, -0.2) is 44.8 Å². The van der Waals surface area contributed by atoms with Crippen LogP contribution in [0.1, 0.15) is 16.1 Å². The van der Waals surface area contributed by atoms with Gasteiger partial charge >= 0.3 is 11.7 Å². The molecule has 1 heterocycles. The second-order valence-corrected chi connectivity index (χ2v) is 5.33. The lowest BCUT2D eigenvalue weighted by Gasteiger charge is -2.15. The minimum atomic E-state index is -1.28. The number of hydrogen-bond donors (Lipinski definition) is 2. The fourth-order valence-electron chi connectivity index (χ4n) is 2.37. The number of nitro benzene ring substituents is 2. The Labute approximate surface area is 156 Å². The van der Waals surface area contributed by atoms with Gasteiger partial charge in [-0.05, 0) is 4.85 Å². The van der Waals surface area contributed by atoms with Crippen molar-refractivity contribution in [3.63, 3.8) is 0 Å². The minimum absolute atomic E-state index is 0.0871. The van der Waals surface area contributed by atoms with Crippen molar-refractivity contribution < 1.29 is 24.2 Å². The van der Waals surface area contributed by atoms with Crippen LogP contribution in [0, 0.1) is 26.8 Å². The van der Waals surface area contributed by atoms with Gasteiger partial charge in [-0.1, -0.05) is 0 Å². The predicted octanol–water partition coefficient (Wildman–Crippen LogP) is 1.33. The number of ether oxygens (including phenoxy) is 1. The number of carbonyl (C=O) groups excluding carboxylic acids is 2. The number of methoxy groups -OCH3 is 1. The maximum Gasteiger partial charge on any atom is 0.353 e. The van der Waals surface area contributed by atoms with Crippen LogP contribution in [0.4, 0.5) is 17.1 Å². The van der Waals surface area contributed by atoms with Gasteiger partial charge in [-0.2, -0.15) is 0 Å². The molecule has 144 valence electrons. The first-order valence-electron chi connectivity index (χ1n) is 7.52. The molecule has 0 unspecified atom stereocenters. The van der Waals surface area contributed by atoms with Gasteiger partial charge in [-0.3, -0.25) is 25.0 Å². The van der Waals surface area contributed by atoms with Crippen LogP contribution in [0.3, 0.4) is 0 Å². The van der Waals surface area contributed by atoms with Crippen molar-refractivity contribution in [1.82, 2.24) is 15.3 Å². The Morgan fingerprint density at radius 3 is 2.36 bits per heavy atom. The van der Waals surface area contributed by atoms with E-state index in [0.29, 0.717) is 5.69 Å². The standard InChI is InChI=1S/C15H12N6O7/c1-16-8-4-11(20(24)25)13(12(5-8)21(26)27)14(22)19-10(15(23)28-2)3-9-6-17-7-18-9/h1,4-7,10H,3H2,2H3,(H-,17,18,19,22)/p+1/t10-/m1/s1. The Kier molecular flexibility index (Phi) is 5.96. The average molecular weight is 389 g/mol. The molecule has 2 aromatic rings. The summed E-state index contributed by atoms with van der Waals surface area (Å²) < 4.78 is 4.60. The summed E-state index contributed by atoms with van der Waals surface area (Å²) in [5.41, 5.74) is -2.43. The molecule has 1 aromatic heterocycles. The van der Waals surface area contributed by atoms with Crippen LogP contribution in [-0.2, 0) is 16.0 Å². The van der Waals surface area contributed by atoms with Crippen LogP contribution in [0.15, 0.2) is 24.7 Å². The third-order valence-electron chi connectivity index (χ3n) is 3.62. The SMILES string of the molecule is C#[N+]c1cc([N+](=O)[O-])c(C(=O)N[C@H](Cc2cnc[nH]2)C(=O)OC)c([N+](=O)[O-])c1. The van der Waals surface area contributed by atoms with Gasteiger partial charge in [0.25, 0.3) is 23.9 Å². The Bertz CT molecular complexity index is 944. The molecule has 0 aliphatic rings. The summed E-state index contributed by atoms with van der Waals surface area (Å²) in [5.74, 6) is -2.07. The van der Waals surface area contributed by atoms with E-state index in [2.05, 4.69) is 24.9 Å². The van der Waals surface area contributed by atoms with E-state index < -0.39 is 44.7 Å². The quantitative estimate of drug-likeness (QED) is 0.405. The predicted molar refractivity (Wildman–Crippen MR) is 93.3 cm³/mol. The van der Waals surface area contributed by atoms with Gasteiger partial charge < -0.3 is 15.0 Å². The fourth-order valence-corrected chi connectivity index (χ4v) is 2.37. The summed E-state index contributed by atoms with van der Waals surface area (Å²) in [6.45, 7) is 5.04. The molecule has 0 spiro atoms. The van der Waals surface area contributed by atoms with E-state index in [0.717, 1.165) is 19.2 Å². The van der Waals surface area contributed by atoms with Gasteiger partial charge in [-0.25, -0.2) is 9.78 Å². The number of imidazole rings is 1. The first-order valence-corrected chi connectivity index (χ1v) is 7.52. The summed E-state index contributed by atoms with van der Waals surface area (Å²) in [4.78, 5) is 54.9. The highest BCUT2D eigenvalue weighted by Gasteiger charge is 2.36. The molecule has 0 aliphatic carbocycles. The second kappa shape index (κ2) is 8.36. The molecule has 2 rings (SSSR count). The zero-order chi connectivity index (χ0) is 20.8. The third kappa shape index (κ3) is 4.25. The highest BCUT2D eigenvalue weighted by atomic mass is 16.6. The molecule has 13 heteroatoms. The lowest BCUT2D eigenvalue weighted by Crippen LogP contribution is -2.43. The number of H-pyrrole nitrogens is 1. The van der Waals surface area contributed by atoms with Gasteiger partial charge in [0, 0.05) is 18.3 Å². The smallest absolute Gasteiger partial charge is 0.353 e. The number of aromatic nitrogens is 2. The number of carbonyl (C=O) groups is 2. The normalized spacial score (nSPS) is 11.1. The molecule has 0 saturated heterocycles. The number of nitrogens with one attached hydrogen (secondary N) is 2. The molecule has 13 nitrogen and oxygen atoms in total. The van der Waals surface area contributed by atoms with E-state index in [9.17, 15) is 29.8 Å². The van der Waals surface area contributed by atoms with Crippen LogP contribution < -0.4 is 5.32 Å². The van der Waals surface area contributed by atoms with E-state index in [1.807, 2.05) is 0 Å². The van der Waals surface area contributed by atoms with Crippen molar-refractivity contribution in [3.05, 3.63) is 61.0 Å². The van der Waals surface area contributed by atoms with Crippen molar-refractivity contribution >= 4 is 28.9 Å². The number of benzene rings is 1. The minimum Gasteiger partial charge on any atom is -0.467 e. The summed E-state index contributed by atoms with van der Waals surface area (Å²) in [7, 11) is 1.08. The van der Waals surface area contributed by atoms with Crippen molar-refractivity contribution in [1.29, 1.82) is 0 Å². The van der Waals surface area contributed by atoms with E-state index in [1.54, 1.807) is 0 Å². The van der Waals surface area contributed by atoms with Crippen LogP contribution in [0.2, 0.25) is 0 Å². The highest BCUT2D eigenvalue weighted by Crippen LogP contribution is 2.34. The van der Waals surface area contributed by atoms with Crippen molar-refractivity contribution in [2.24, 2.45) is 0 Å². The maximum atomic E-state index is 12.6. The van der Waals surface area contributed by atoms with Crippen molar-refractivity contribution in [2.45, 2.75) is 12.5 Å². The van der Waals surface area contributed by atoms with Crippen LogP contribution >= 0.6 is 0 Å². The molecule has 0 radical (unpaired) electrons. The molecular weight excluding hydrogens is 376 g/mol. The highest BCUT2D eigenvalue weighted by molar-refractivity contribution is 6.04. The van der Waals surface area contributed by atoms with Gasteiger partial charge in [0.15, 0.2) is 5.56 Å². The first-order chi connectivity index (χ1) is 13.3. The molecular formula is C15H13N6O7+. The molecule has 0 bridgehead atoms. The summed E-state index contributed by atoms with van der Waals surface area (Å²) in [6.07, 6.45) is 2.65. The van der Waals surface area contributed by atoms with Gasteiger partial charge in [0.2, 0.25) is 0 Å². The first kappa shape index (κ1) is 20.0. The number of hydrogen-bond acceptors (Lipinski definition) is 8. The van der Waals surface area contributed by atoms with E-state index in [-0.39, 0.29) is 12.1 Å². The number of esters is 1. The molecule has 28 heavy (non-hydrogen) atoms. The number of aromatic amines is 1. The topological polar surface area (TPSA) is 175 Å². The Balaban J connectivity index is 2.48. The molecule has 0 fully saturated rings. The summed E-state index contributed by atoms with van der Waals surface area (Å²) >= 11 is 0. The number of rotatable bonds is 7. The average Bonchev–Trinajstić information content (AvgIpc) is 3.18. The zero-order valence-electron chi connectivity index (χ0n) is 14.3. The Hall–Kier alpha value is -4.34. The van der Waals surface area contributed by atoms with E-state index in [1.165, 1.54) is 12.5 Å². The van der Waals surface area contributed by atoms with Crippen LogP contribution in [0.5, 0.6) is 0 Å². The molecule has 0 saturated carbocycles. The second-order valence-electron chi connectivity index (χ2n) is 5.33. The zero-order valence-corrected chi connectivity index (χ0v) is 14.3. The molecule has 1 amide bonds.